The van der Waals surface area contributed by atoms with Gasteiger partial charge in [0.1, 0.15) is 24.4 Å². The molecule has 1 fully saturated rings. The number of halogens is 3. The minimum Gasteiger partial charge on any atom is -0.382 e. The van der Waals surface area contributed by atoms with Crippen molar-refractivity contribution in [1.82, 2.24) is 5.32 Å². The number of amides is 1. The van der Waals surface area contributed by atoms with Crippen LogP contribution >= 0.6 is 42.6 Å². The number of alkyl halides is 3. The molecule has 0 unspecified atom stereocenters. The van der Waals surface area contributed by atoms with E-state index in [0.717, 1.165) is 51.4 Å². The topological polar surface area (TPSA) is 146 Å². The van der Waals surface area contributed by atoms with Crippen LogP contribution in [0.15, 0.2) is 37.5 Å². The summed E-state index contributed by atoms with van der Waals surface area (Å²) in [6.45, 7) is 11.5. The van der Waals surface area contributed by atoms with Crippen LogP contribution in [0.5, 0.6) is 0 Å². The number of methoxy groups -OCH3 is 2. The summed E-state index contributed by atoms with van der Waals surface area (Å²) >= 11 is 18.4. The summed E-state index contributed by atoms with van der Waals surface area (Å²) in [6, 6.07) is -1.08. The molecular formula is C44H80Cl3N2O10P. The molecule has 0 aliphatic carbocycles. The smallest absolute Gasteiger partial charge is 0.382 e. The van der Waals surface area contributed by atoms with Gasteiger partial charge in [-0.25, -0.2) is 4.57 Å². The molecule has 16 heteroatoms. The van der Waals surface area contributed by atoms with Gasteiger partial charge >= 0.3 is 7.82 Å². The van der Waals surface area contributed by atoms with Crippen molar-refractivity contribution in [2.75, 3.05) is 40.6 Å². The highest BCUT2D eigenvalue weighted by Crippen LogP contribution is 2.52. The summed E-state index contributed by atoms with van der Waals surface area (Å²) in [4.78, 5) is 13.7. The number of phosphoric acid groups is 1. The summed E-state index contributed by atoms with van der Waals surface area (Å²) in [6.07, 6.45) is 23.4. The lowest BCUT2D eigenvalue weighted by Gasteiger charge is -2.47. The Kier molecular flexibility index (Phi) is 34.2. The molecule has 0 aromatic heterocycles. The van der Waals surface area contributed by atoms with Crippen LogP contribution in [0, 0.1) is 0 Å². The molecule has 3 N–H and O–H groups in total. The fourth-order valence-corrected chi connectivity index (χ4v) is 8.34. The van der Waals surface area contributed by atoms with Crippen molar-refractivity contribution in [1.29, 1.82) is 0 Å². The van der Waals surface area contributed by atoms with Gasteiger partial charge in [0.15, 0.2) is 12.5 Å². The third kappa shape index (κ3) is 26.3. The minimum absolute atomic E-state index is 0.0781. The first-order chi connectivity index (χ1) is 28.9. The Balaban J connectivity index is 3.19. The number of hydrogen-bond acceptors (Lipinski definition) is 11. The van der Waals surface area contributed by atoms with E-state index in [1.54, 1.807) is 7.11 Å². The third-order valence-corrected chi connectivity index (χ3v) is 12.3. The fraction of sp³-hybridized carbons (Fsp3) is 0.841. The Morgan fingerprint density at radius 3 is 1.92 bits per heavy atom. The third-order valence-electron chi connectivity index (χ3n) is 10.2. The van der Waals surface area contributed by atoms with Crippen LogP contribution in [0.25, 0.3) is 0 Å². The van der Waals surface area contributed by atoms with E-state index in [-0.39, 0.29) is 44.9 Å². The number of nitrogens with two attached hydrogens (primary N) is 1. The van der Waals surface area contributed by atoms with E-state index in [4.69, 9.17) is 77.8 Å². The predicted octanol–water partition coefficient (Wildman–Crippen LogP) is 11.6. The van der Waals surface area contributed by atoms with Gasteiger partial charge in [-0.3, -0.25) is 18.4 Å². The summed E-state index contributed by atoms with van der Waals surface area (Å²) in [5.41, 5.74) is 6.18. The first-order valence-electron chi connectivity index (χ1n) is 22.4. The van der Waals surface area contributed by atoms with E-state index in [1.807, 2.05) is 0 Å². The first kappa shape index (κ1) is 57.4. The Morgan fingerprint density at radius 2 is 1.37 bits per heavy atom. The number of nitrogens with one attached hydrogen (secondary N) is 1. The number of unbranched alkanes of at least 4 members (excludes halogenated alkanes) is 15. The minimum atomic E-state index is -4.31. The van der Waals surface area contributed by atoms with Crippen LogP contribution in [0.3, 0.4) is 0 Å². The monoisotopic (exact) mass is 932 g/mol. The van der Waals surface area contributed by atoms with Crippen molar-refractivity contribution in [2.24, 2.45) is 5.73 Å². The molecule has 60 heavy (non-hydrogen) atoms. The van der Waals surface area contributed by atoms with Gasteiger partial charge in [0.2, 0.25) is 9.70 Å². The Morgan fingerprint density at radius 1 is 0.817 bits per heavy atom. The Hall–Kier alpha value is -0.570. The number of rotatable bonds is 39. The molecule has 1 aliphatic heterocycles. The van der Waals surface area contributed by atoms with Gasteiger partial charge in [-0.2, -0.15) is 0 Å². The van der Waals surface area contributed by atoms with Crippen LogP contribution in [0.1, 0.15) is 149 Å². The van der Waals surface area contributed by atoms with E-state index in [1.165, 1.54) is 83.5 Å². The molecule has 0 bridgehead atoms. The van der Waals surface area contributed by atoms with Crippen LogP contribution in [0.2, 0.25) is 0 Å². The lowest BCUT2D eigenvalue weighted by Crippen LogP contribution is -2.67. The summed E-state index contributed by atoms with van der Waals surface area (Å²) < 4.78 is 59.6. The molecule has 12 nitrogen and oxygen atoms in total. The van der Waals surface area contributed by atoms with Crippen molar-refractivity contribution in [3.63, 3.8) is 0 Å². The van der Waals surface area contributed by atoms with Gasteiger partial charge in [-0.1, -0.05) is 156 Å². The number of phosphoric ester groups is 1. The van der Waals surface area contributed by atoms with E-state index in [2.05, 4.69) is 44.5 Å². The van der Waals surface area contributed by atoms with E-state index < -0.39 is 48.5 Å². The number of allylic oxidation sites excluding steroid dienone is 2. The maximum Gasteiger partial charge on any atom is 0.475 e. The van der Waals surface area contributed by atoms with Crippen molar-refractivity contribution < 1.29 is 46.6 Å². The SMILES string of the molecule is C=CCOP(=O)(OCC=C)O[C@H]1[C@H](OCC[C@@H](CCCCCCC)OC)[C@@H](NC(=O)CCCCCCCCC/C=C\CCCCCC)[C@@H](O[C@@H](N)C(Cl)(Cl)Cl)O[C@@H]1COC. The molecule has 0 saturated carbocycles. The summed E-state index contributed by atoms with van der Waals surface area (Å²) in [5, 5.41) is 3.04. The van der Waals surface area contributed by atoms with Crippen molar-refractivity contribution in [3.8, 4) is 0 Å². The molecule has 0 spiro atoms. The van der Waals surface area contributed by atoms with Crippen molar-refractivity contribution in [3.05, 3.63) is 37.5 Å². The van der Waals surface area contributed by atoms with E-state index >= 15 is 0 Å². The standard InChI is InChI=1S/C44H80Cl3N2O10P/c1-7-11-13-15-16-17-18-19-20-21-22-23-24-26-28-30-38(50)49-39-41(54-34-31-36(53-6)29-27-25-14-12-8-2)40(59-60(51,55-32-9-3)56-33-10-4)37(35-52-5)57-42(39)58-43(48)44(45,46)47/h9-10,17-18,36-37,39-43H,3-4,7-8,11-16,19-35,48H2,1-2,5-6H3,(H,49,50)/b18-17-/t36-,37-,39-,40-,41-,42-,43-/m1/s1. The molecule has 1 amide bonds. The zero-order valence-electron chi connectivity index (χ0n) is 37.2. The molecular weight excluding hydrogens is 854 g/mol. The highest BCUT2D eigenvalue weighted by Gasteiger charge is 2.53. The van der Waals surface area contributed by atoms with E-state index in [9.17, 15) is 9.36 Å². The zero-order chi connectivity index (χ0) is 44.5. The maximum absolute atomic E-state index is 14.1. The molecule has 7 atom stereocenters. The second-order valence-electron chi connectivity index (χ2n) is 15.4. The lowest BCUT2D eigenvalue weighted by atomic mass is 9.96. The van der Waals surface area contributed by atoms with Gasteiger partial charge < -0.3 is 34.7 Å². The number of ether oxygens (including phenoxy) is 5. The molecule has 0 aromatic rings. The normalized spacial score (nSPS) is 21.0. The van der Waals surface area contributed by atoms with Crippen LogP contribution in [0.4, 0.5) is 0 Å². The second kappa shape index (κ2) is 35.7. The predicted molar refractivity (Wildman–Crippen MR) is 245 cm³/mol. The maximum atomic E-state index is 14.1. The Labute approximate surface area is 378 Å². The molecule has 1 saturated heterocycles. The van der Waals surface area contributed by atoms with Gasteiger partial charge in [-0.15, -0.1) is 13.2 Å². The first-order valence-corrected chi connectivity index (χ1v) is 25.0. The largest absolute Gasteiger partial charge is 0.475 e. The van der Waals surface area contributed by atoms with Gasteiger partial charge in [-0.05, 0) is 44.9 Å². The summed E-state index contributed by atoms with van der Waals surface area (Å²) in [7, 11) is -1.17. The van der Waals surface area contributed by atoms with Crippen molar-refractivity contribution >= 4 is 48.5 Å². The lowest BCUT2D eigenvalue weighted by molar-refractivity contribution is -0.286. The molecule has 1 aliphatic rings. The van der Waals surface area contributed by atoms with Crippen LogP contribution in [-0.2, 0) is 46.6 Å². The number of hydrogen-bond donors (Lipinski definition) is 2. The molecule has 0 radical (unpaired) electrons. The van der Waals surface area contributed by atoms with Gasteiger partial charge in [0.05, 0.1) is 25.9 Å². The second-order valence-corrected chi connectivity index (χ2v) is 19.4. The molecule has 0 aromatic carbocycles. The van der Waals surface area contributed by atoms with Crippen LogP contribution in [-0.4, -0.2) is 93.3 Å². The molecule has 1 rings (SSSR count). The number of carbonyl (C=O) groups is 1. The average Bonchev–Trinajstić information content (AvgIpc) is 3.21. The summed E-state index contributed by atoms with van der Waals surface area (Å²) in [5.74, 6) is -0.283. The van der Waals surface area contributed by atoms with Gasteiger partial charge in [0, 0.05) is 27.2 Å². The average molecular weight is 934 g/mol. The quantitative estimate of drug-likeness (QED) is 0.0200. The highest BCUT2D eigenvalue weighted by atomic mass is 35.6. The zero-order valence-corrected chi connectivity index (χ0v) is 40.3. The van der Waals surface area contributed by atoms with Gasteiger partial charge in [0.25, 0.3) is 0 Å². The molecule has 1 heterocycles. The number of carbonyl (C=O) groups excluding carboxylic acids is 1. The van der Waals surface area contributed by atoms with E-state index in [0.29, 0.717) is 12.8 Å². The van der Waals surface area contributed by atoms with Crippen LogP contribution < -0.4 is 11.1 Å². The van der Waals surface area contributed by atoms with Crippen molar-refractivity contribution in [2.45, 2.75) is 195 Å². The molecule has 352 valence electrons. The fourth-order valence-electron chi connectivity index (χ4n) is 6.86. The highest BCUT2D eigenvalue weighted by molar-refractivity contribution is 7.48. The Bertz CT molecular complexity index is 1170.